The number of benzene rings is 2. The molecule has 0 aliphatic rings. The maximum absolute atomic E-state index is 12.6. The number of ether oxygens (including phenoxy) is 1. The minimum absolute atomic E-state index is 0.292. The van der Waals surface area contributed by atoms with Crippen LogP contribution in [0.15, 0.2) is 47.5 Å². The number of rotatable bonds is 6. The van der Waals surface area contributed by atoms with Crippen LogP contribution in [0.5, 0.6) is 5.75 Å². The van der Waals surface area contributed by atoms with Gasteiger partial charge in [-0.1, -0.05) is 48.3 Å². The van der Waals surface area contributed by atoms with Crippen LogP contribution in [-0.4, -0.2) is 17.1 Å². The number of aromatic nitrogens is 1. The predicted molar refractivity (Wildman–Crippen MR) is 110 cm³/mol. The normalized spacial score (nSPS) is 11.5. The number of fused-ring (bicyclic) bond motifs is 1. The van der Waals surface area contributed by atoms with Gasteiger partial charge in [0.2, 0.25) is 0 Å². The molecule has 0 saturated heterocycles. The van der Waals surface area contributed by atoms with Gasteiger partial charge in [-0.3, -0.25) is 4.79 Å². The number of thiazole rings is 1. The van der Waals surface area contributed by atoms with E-state index in [4.69, 9.17) is 22.8 Å². The molecule has 3 aromatic rings. The van der Waals surface area contributed by atoms with Crippen molar-refractivity contribution in [2.75, 3.05) is 6.61 Å². The van der Waals surface area contributed by atoms with Crippen molar-refractivity contribution < 1.29 is 9.53 Å². The minimum Gasteiger partial charge on any atom is -0.494 e. The highest BCUT2D eigenvalue weighted by Gasteiger charge is 2.11. The molecular weight excluding hydrogens is 380 g/mol. The van der Waals surface area contributed by atoms with E-state index in [9.17, 15) is 4.79 Å². The van der Waals surface area contributed by atoms with Crippen LogP contribution in [0.2, 0.25) is 5.02 Å². The molecule has 0 unspecified atom stereocenters. The molecule has 0 saturated carbocycles. The Labute approximate surface area is 167 Å². The van der Waals surface area contributed by atoms with E-state index in [0.717, 1.165) is 28.8 Å². The van der Waals surface area contributed by atoms with Crippen molar-refractivity contribution in [3.8, 4) is 18.1 Å². The van der Waals surface area contributed by atoms with Crippen molar-refractivity contribution in [3.05, 3.63) is 57.9 Å². The Bertz CT molecular complexity index is 1060. The molecule has 0 atom stereocenters. The van der Waals surface area contributed by atoms with Gasteiger partial charge in [0.15, 0.2) is 4.80 Å². The van der Waals surface area contributed by atoms with Crippen molar-refractivity contribution in [1.82, 2.24) is 4.57 Å². The van der Waals surface area contributed by atoms with Crippen LogP contribution in [0.3, 0.4) is 0 Å². The lowest BCUT2D eigenvalue weighted by molar-refractivity contribution is 0.0998. The smallest absolute Gasteiger partial charge is 0.279 e. The Balaban J connectivity index is 1.92. The fraction of sp³-hybridized carbons (Fsp3) is 0.238. The number of carbonyl (C=O) groups is 1. The number of hydrogen-bond acceptors (Lipinski definition) is 3. The number of carbonyl (C=O) groups excluding carboxylic acids is 1. The van der Waals surface area contributed by atoms with E-state index >= 15 is 0 Å². The van der Waals surface area contributed by atoms with Gasteiger partial charge in [0, 0.05) is 5.56 Å². The van der Waals surface area contributed by atoms with E-state index in [1.165, 1.54) is 11.3 Å². The number of hydrogen-bond donors (Lipinski definition) is 0. The molecular formula is C21H19ClN2O2S. The summed E-state index contributed by atoms with van der Waals surface area (Å²) in [5, 5.41) is 0.585. The summed E-state index contributed by atoms with van der Waals surface area (Å²) in [6.45, 7) is 3.07. The Morgan fingerprint density at radius 3 is 2.78 bits per heavy atom. The number of terminal acetylenes is 1. The molecule has 1 aromatic heterocycles. The first-order valence-corrected chi connectivity index (χ1v) is 9.86. The second-order valence-corrected chi connectivity index (χ2v) is 7.32. The summed E-state index contributed by atoms with van der Waals surface area (Å²) in [5.74, 6) is 3.01. The Morgan fingerprint density at radius 1 is 1.30 bits per heavy atom. The molecule has 6 heteroatoms. The molecule has 0 spiro atoms. The monoisotopic (exact) mass is 398 g/mol. The molecule has 0 aliphatic carbocycles. The third-order valence-electron chi connectivity index (χ3n) is 3.97. The Hall–Kier alpha value is -2.55. The van der Waals surface area contributed by atoms with Crippen molar-refractivity contribution in [1.29, 1.82) is 0 Å². The zero-order chi connectivity index (χ0) is 19.2. The summed E-state index contributed by atoms with van der Waals surface area (Å²) in [5.41, 5.74) is 1.29. The quantitative estimate of drug-likeness (QED) is 0.437. The van der Waals surface area contributed by atoms with Crippen molar-refractivity contribution in [2.24, 2.45) is 4.99 Å². The van der Waals surface area contributed by atoms with E-state index in [-0.39, 0.29) is 5.91 Å². The zero-order valence-electron chi connectivity index (χ0n) is 14.9. The van der Waals surface area contributed by atoms with Crippen LogP contribution in [-0.2, 0) is 6.54 Å². The molecule has 1 amide bonds. The lowest BCUT2D eigenvalue weighted by atomic mass is 10.2. The highest BCUT2D eigenvalue weighted by molar-refractivity contribution is 7.16. The molecule has 2 aromatic carbocycles. The summed E-state index contributed by atoms with van der Waals surface area (Å²) in [7, 11) is 0. The van der Waals surface area contributed by atoms with Crippen molar-refractivity contribution >= 4 is 39.1 Å². The molecule has 0 radical (unpaired) electrons. The molecule has 0 bridgehead atoms. The number of halogens is 1. The first kappa shape index (κ1) is 19.2. The van der Waals surface area contributed by atoms with Gasteiger partial charge in [-0.15, -0.1) is 6.42 Å². The van der Waals surface area contributed by atoms with Gasteiger partial charge in [0.1, 0.15) is 5.75 Å². The SMILES string of the molecule is C#CCn1c(=NC(=O)c2ccc(OCCCC)cc2)sc2cccc(Cl)c21. The van der Waals surface area contributed by atoms with Gasteiger partial charge in [-0.2, -0.15) is 4.99 Å². The maximum Gasteiger partial charge on any atom is 0.279 e. The van der Waals surface area contributed by atoms with E-state index < -0.39 is 0 Å². The highest BCUT2D eigenvalue weighted by atomic mass is 35.5. The second-order valence-electron chi connectivity index (χ2n) is 5.90. The molecule has 0 aliphatic heterocycles. The second kappa shape index (κ2) is 8.90. The third kappa shape index (κ3) is 4.41. The molecule has 4 nitrogen and oxygen atoms in total. The van der Waals surface area contributed by atoms with Crippen molar-refractivity contribution in [3.63, 3.8) is 0 Å². The van der Waals surface area contributed by atoms with Crippen LogP contribution in [0.4, 0.5) is 0 Å². The van der Waals surface area contributed by atoms with Crippen molar-refractivity contribution in [2.45, 2.75) is 26.3 Å². The summed E-state index contributed by atoms with van der Waals surface area (Å²) in [6, 6.07) is 12.6. The Morgan fingerprint density at radius 2 is 2.07 bits per heavy atom. The summed E-state index contributed by atoms with van der Waals surface area (Å²) in [4.78, 5) is 17.4. The predicted octanol–water partition coefficient (Wildman–Crippen LogP) is 4.91. The average Bonchev–Trinajstić information content (AvgIpc) is 3.01. The van der Waals surface area contributed by atoms with Crippen LogP contribution in [0, 0.1) is 12.3 Å². The van der Waals surface area contributed by atoms with Crippen LogP contribution in [0.1, 0.15) is 30.1 Å². The Kier molecular flexibility index (Phi) is 6.33. The zero-order valence-corrected chi connectivity index (χ0v) is 16.5. The molecule has 138 valence electrons. The van der Waals surface area contributed by atoms with Gasteiger partial charge < -0.3 is 9.30 Å². The number of unbranched alkanes of at least 4 members (excludes halogenated alkanes) is 1. The van der Waals surface area contributed by atoms with E-state index in [1.54, 1.807) is 34.9 Å². The molecule has 3 rings (SSSR count). The third-order valence-corrected chi connectivity index (χ3v) is 5.31. The first-order chi connectivity index (χ1) is 13.1. The molecule has 27 heavy (non-hydrogen) atoms. The molecule has 1 heterocycles. The van der Waals surface area contributed by atoms with Gasteiger partial charge in [-0.05, 0) is 42.8 Å². The van der Waals surface area contributed by atoms with E-state index in [0.29, 0.717) is 28.5 Å². The summed E-state index contributed by atoms with van der Waals surface area (Å²) >= 11 is 7.70. The average molecular weight is 399 g/mol. The molecule has 0 N–H and O–H groups in total. The lowest BCUT2D eigenvalue weighted by Gasteiger charge is -2.05. The molecule has 0 fully saturated rings. The van der Waals surface area contributed by atoms with Crippen LogP contribution in [0.25, 0.3) is 10.2 Å². The van der Waals surface area contributed by atoms with Crippen LogP contribution >= 0.6 is 22.9 Å². The summed E-state index contributed by atoms with van der Waals surface area (Å²) in [6.07, 6.45) is 7.56. The minimum atomic E-state index is -0.330. The van der Waals surface area contributed by atoms with Gasteiger partial charge in [0.25, 0.3) is 5.91 Å². The fourth-order valence-electron chi connectivity index (χ4n) is 2.59. The number of amides is 1. The first-order valence-electron chi connectivity index (χ1n) is 8.67. The largest absolute Gasteiger partial charge is 0.494 e. The van der Waals surface area contributed by atoms with Gasteiger partial charge in [-0.25, -0.2) is 0 Å². The summed E-state index contributed by atoms with van der Waals surface area (Å²) < 4.78 is 8.35. The number of para-hydroxylation sites is 1. The maximum atomic E-state index is 12.6. The van der Waals surface area contributed by atoms with Gasteiger partial charge >= 0.3 is 0 Å². The lowest BCUT2D eigenvalue weighted by Crippen LogP contribution is -2.16. The van der Waals surface area contributed by atoms with E-state index in [1.807, 2.05) is 12.1 Å². The van der Waals surface area contributed by atoms with Crippen LogP contribution < -0.4 is 9.54 Å². The topological polar surface area (TPSA) is 43.6 Å². The van der Waals surface area contributed by atoms with Gasteiger partial charge in [0.05, 0.1) is 28.4 Å². The highest BCUT2D eigenvalue weighted by Crippen LogP contribution is 2.25. The number of nitrogens with zero attached hydrogens (tertiary/aromatic N) is 2. The fourth-order valence-corrected chi connectivity index (χ4v) is 3.98. The standard InChI is InChI=1S/C21H19ClN2O2S/c1-3-5-14-26-16-11-9-15(10-12-16)20(25)23-21-24(13-4-2)19-17(22)7-6-8-18(19)27-21/h2,6-12H,3,5,13-14H2,1H3. The van der Waals surface area contributed by atoms with E-state index in [2.05, 4.69) is 17.8 Å².